The summed E-state index contributed by atoms with van der Waals surface area (Å²) in [7, 11) is 2.04. The van der Waals surface area contributed by atoms with Crippen LogP contribution < -0.4 is 10.2 Å². The summed E-state index contributed by atoms with van der Waals surface area (Å²) in [6.45, 7) is 4.60. The van der Waals surface area contributed by atoms with Crippen molar-refractivity contribution in [3.05, 3.63) is 88.4 Å². The molecule has 0 bridgehead atoms. The summed E-state index contributed by atoms with van der Waals surface area (Å²) >= 11 is 6.26. The fourth-order valence-electron chi connectivity index (χ4n) is 3.13. The number of hydrogen-bond acceptors (Lipinski definition) is 3. The molecule has 3 aromatic rings. The molecule has 0 radical (unpaired) electrons. The lowest BCUT2D eigenvalue weighted by atomic mass is 10.1. The molecule has 2 N–H and O–H groups in total. The third kappa shape index (κ3) is 4.82. The maximum atomic E-state index is 9.99. The molecule has 27 heavy (non-hydrogen) atoms. The Balaban J connectivity index is 1.72. The van der Waals surface area contributed by atoms with Crippen molar-refractivity contribution in [2.45, 2.75) is 26.5 Å². The van der Waals surface area contributed by atoms with Crippen LogP contribution in [0, 0.1) is 6.92 Å². The van der Waals surface area contributed by atoms with Crippen LogP contribution in [0.5, 0.6) is 0 Å². The van der Waals surface area contributed by atoms with Gasteiger partial charge in [0.1, 0.15) is 0 Å². The van der Waals surface area contributed by atoms with Crippen LogP contribution >= 0.6 is 11.6 Å². The van der Waals surface area contributed by atoms with Crippen molar-refractivity contribution in [1.29, 1.82) is 0 Å². The summed E-state index contributed by atoms with van der Waals surface area (Å²) in [6, 6.07) is 22.2. The first-order chi connectivity index (χ1) is 12.9. The topological polar surface area (TPSA) is 35.5 Å². The Bertz CT molecular complexity index is 907. The van der Waals surface area contributed by atoms with Gasteiger partial charge in [0.15, 0.2) is 0 Å². The maximum Gasteiger partial charge on any atom is 0.0781 e. The zero-order valence-electron chi connectivity index (χ0n) is 15.9. The zero-order valence-corrected chi connectivity index (χ0v) is 16.7. The van der Waals surface area contributed by atoms with Crippen molar-refractivity contribution in [1.82, 2.24) is 0 Å². The average molecular weight is 381 g/mol. The van der Waals surface area contributed by atoms with Crippen LogP contribution in [0.25, 0.3) is 0 Å². The molecule has 3 aromatic carbocycles. The Morgan fingerprint density at radius 2 is 1.74 bits per heavy atom. The number of anilines is 3. The number of aryl methyl sites for hydroxylation is 1. The lowest BCUT2D eigenvalue weighted by Crippen LogP contribution is -2.18. The van der Waals surface area contributed by atoms with Gasteiger partial charge in [-0.1, -0.05) is 48.0 Å². The third-order valence-electron chi connectivity index (χ3n) is 4.57. The maximum absolute atomic E-state index is 9.99. The Kier molecular flexibility index (Phi) is 6.04. The standard InChI is InChI=1S/C23H25ClN2O/c1-16-8-13-21(24)22(14-16)25-19-11-9-18(10-12-19)15-26(3)23-7-5-4-6-20(23)17(2)27/h4-14,17,25,27H,15H2,1-3H3. The second kappa shape index (κ2) is 8.47. The number of nitrogens with zero attached hydrogens (tertiary/aromatic N) is 1. The van der Waals surface area contributed by atoms with Gasteiger partial charge < -0.3 is 15.3 Å². The van der Waals surface area contributed by atoms with Gasteiger partial charge in [-0.05, 0) is 55.3 Å². The molecule has 0 aliphatic heterocycles. The minimum absolute atomic E-state index is 0.491. The Labute approximate surface area is 166 Å². The predicted molar refractivity (Wildman–Crippen MR) is 115 cm³/mol. The molecular weight excluding hydrogens is 356 g/mol. The molecule has 3 nitrogen and oxygen atoms in total. The van der Waals surface area contributed by atoms with Crippen LogP contribution in [-0.2, 0) is 6.54 Å². The lowest BCUT2D eigenvalue weighted by Gasteiger charge is -2.24. The number of benzene rings is 3. The predicted octanol–water partition coefficient (Wildman–Crippen LogP) is 6.08. The summed E-state index contributed by atoms with van der Waals surface area (Å²) in [5.41, 5.74) is 6.25. The SMILES string of the molecule is Cc1ccc(Cl)c(Nc2ccc(CN(C)c3ccccc3C(C)O)cc2)c1. The molecular formula is C23H25ClN2O. The number of rotatable bonds is 6. The van der Waals surface area contributed by atoms with Crippen molar-refractivity contribution < 1.29 is 5.11 Å². The highest BCUT2D eigenvalue weighted by atomic mass is 35.5. The van der Waals surface area contributed by atoms with Crippen LogP contribution in [0.1, 0.15) is 29.7 Å². The molecule has 3 rings (SSSR count). The minimum Gasteiger partial charge on any atom is -0.389 e. The van der Waals surface area contributed by atoms with Gasteiger partial charge in [-0.3, -0.25) is 0 Å². The molecule has 1 unspecified atom stereocenters. The van der Waals surface area contributed by atoms with Crippen molar-refractivity contribution in [3.63, 3.8) is 0 Å². The summed E-state index contributed by atoms with van der Waals surface area (Å²) in [6.07, 6.45) is -0.491. The monoisotopic (exact) mass is 380 g/mol. The highest BCUT2D eigenvalue weighted by molar-refractivity contribution is 6.33. The number of nitrogens with one attached hydrogen (secondary N) is 1. The van der Waals surface area contributed by atoms with Crippen LogP contribution in [0.3, 0.4) is 0 Å². The molecule has 1 atom stereocenters. The van der Waals surface area contributed by atoms with E-state index in [4.69, 9.17) is 11.6 Å². The Hall–Kier alpha value is -2.49. The van der Waals surface area contributed by atoms with Crippen LogP contribution in [0.15, 0.2) is 66.7 Å². The summed E-state index contributed by atoms with van der Waals surface area (Å²) in [4.78, 5) is 2.15. The van der Waals surface area contributed by atoms with Gasteiger partial charge >= 0.3 is 0 Å². The molecule has 4 heteroatoms. The van der Waals surface area contributed by atoms with Crippen LogP contribution in [0.4, 0.5) is 17.1 Å². The van der Waals surface area contributed by atoms with Gasteiger partial charge in [-0.15, -0.1) is 0 Å². The largest absolute Gasteiger partial charge is 0.389 e. The number of hydrogen-bond donors (Lipinski definition) is 2. The smallest absolute Gasteiger partial charge is 0.0781 e. The van der Waals surface area contributed by atoms with E-state index in [-0.39, 0.29) is 0 Å². The fraction of sp³-hybridized carbons (Fsp3) is 0.217. The van der Waals surface area contributed by atoms with Crippen LogP contribution in [0.2, 0.25) is 5.02 Å². The second-order valence-corrected chi connectivity index (χ2v) is 7.30. The van der Waals surface area contributed by atoms with Gasteiger partial charge in [0, 0.05) is 30.5 Å². The average Bonchev–Trinajstić information content (AvgIpc) is 2.66. The van der Waals surface area contributed by atoms with E-state index >= 15 is 0 Å². The van der Waals surface area contributed by atoms with Gasteiger partial charge in [0.2, 0.25) is 0 Å². The summed E-state index contributed by atoms with van der Waals surface area (Å²) in [5.74, 6) is 0. The lowest BCUT2D eigenvalue weighted by molar-refractivity contribution is 0.199. The molecule has 0 spiro atoms. The van der Waals surface area contributed by atoms with Crippen molar-refractivity contribution in [2.24, 2.45) is 0 Å². The van der Waals surface area contributed by atoms with Gasteiger partial charge in [0.25, 0.3) is 0 Å². The molecule has 0 fully saturated rings. The second-order valence-electron chi connectivity index (χ2n) is 6.90. The van der Waals surface area contributed by atoms with E-state index < -0.39 is 6.10 Å². The van der Waals surface area contributed by atoms with Gasteiger partial charge in [-0.2, -0.15) is 0 Å². The van der Waals surface area contributed by atoms with E-state index in [0.717, 1.165) is 34.7 Å². The number of halogens is 1. The molecule has 0 saturated heterocycles. The van der Waals surface area contributed by atoms with Crippen molar-refractivity contribution in [3.8, 4) is 0 Å². The molecule has 0 amide bonds. The van der Waals surface area contributed by atoms with Crippen molar-refractivity contribution >= 4 is 28.7 Å². The molecule has 0 heterocycles. The third-order valence-corrected chi connectivity index (χ3v) is 4.90. The zero-order chi connectivity index (χ0) is 19.4. The van der Waals surface area contributed by atoms with Gasteiger partial charge in [-0.25, -0.2) is 0 Å². The molecule has 0 aliphatic carbocycles. The quantitative estimate of drug-likeness (QED) is 0.543. The number of para-hydroxylation sites is 1. The highest BCUT2D eigenvalue weighted by Crippen LogP contribution is 2.28. The van der Waals surface area contributed by atoms with E-state index in [1.807, 2.05) is 56.4 Å². The summed E-state index contributed by atoms with van der Waals surface area (Å²) in [5, 5.41) is 14.1. The number of aliphatic hydroxyl groups excluding tert-OH is 1. The Morgan fingerprint density at radius 3 is 2.44 bits per heavy atom. The normalized spacial score (nSPS) is 11.9. The van der Waals surface area contributed by atoms with E-state index in [1.165, 1.54) is 5.56 Å². The molecule has 0 aliphatic rings. The first-order valence-electron chi connectivity index (χ1n) is 9.04. The summed E-state index contributed by atoms with van der Waals surface area (Å²) < 4.78 is 0. The molecule has 0 saturated carbocycles. The first kappa shape index (κ1) is 19.3. The highest BCUT2D eigenvalue weighted by Gasteiger charge is 2.11. The minimum atomic E-state index is -0.491. The number of aliphatic hydroxyl groups is 1. The fourth-order valence-corrected chi connectivity index (χ4v) is 3.30. The van der Waals surface area contributed by atoms with E-state index in [1.54, 1.807) is 6.92 Å². The van der Waals surface area contributed by atoms with Crippen LogP contribution in [-0.4, -0.2) is 12.2 Å². The van der Waals surface area contributed by atoms with E-state index in [0.29, 0.717) is 5.02 Å². The Morgan fingerprint density at radius 1 is 1.04 bits per heavy atom. The first-order valence-corrected chi connectivity index (χ1v) is 9.42. The molecule has 0 aromatic heterocycles. The van der Waals surface area contributed by atoms with Crippen molar-refractivity contribution in [2.75, 3.05) is 17.3 Å². The van der Waals surface area contributed by atoms with E-state index in [9.17, 15) is 5.11 Å². The molecule has 140 valence electrons. The van der Waals surface area contributed by atoms with Gasteiger partial charge in [0.05, 0.1) is 16.8 Å². The van der Waals surface area contributed by atoms with E-state index in [2.05, 4.69) is 34.5 Å².